The molecule has 0 amide bonds. The topological polar surface area (TPSA) is 65.4 Å². The lowest BCUT2D eigenvalue weighted by molar-refractivity contribution is 0.0495. The summed E-state index contributed by atoms with van der Waals surface area (Å²) in [4.78, 5) is 4.75. The number of piperazine rings is 1. The molecular formula is C22H30N2O4. The Morgan fingerprint density at radius 1 is 1.00 bits per heavy atom. The molecule has 6 heteroatoms. The normalized spacial score (nSPS) is 18.2. The number of hydrogen-bond donors (Lipinski definition) is 2. The third-order valence-corrected chi connectivity index (χ3v) is 5.33. The fraction of sp³-hybridized carbons (Fsp3) is 0.455. The van der Waals surface area contributed by atoms with E-state index in [1.54, 1.807) is 20.3 Å². The summed E-state index contributed by atoms with van der Waals surface area (Å²) in [7, 11) is 3.32. The van der Waals surface area contributed by atoms with E-state index in [0.29, 0.717) is 5.75 Å². The molecule has 0 spiro atoms. The van der Waals surface area contributed by atoms with Gasteiger partial charge in [-0.1, -0.05) is 18.2 Å². The van der Waals surface area contributed by atoms with Crippen molar-refractivity contribution in [1.29, 1.82) is 0 Å². The van der Waals surface area contributed by atoms with Crippen molar-refractivity contribution >= 4 is 0 Å². The smallest absolute Gasteiger partial charge is 0.122 e. The van der Waals surface area contributed by atoms with Crippen LogP contribution in [-0.4, -0.2) is 66.5 Å². The van der Waals surface area contributed by atoms with Crippen LogP contribution in [0.25, 0.3) is 0 Å². The zero-order chi connectivity index (χ0) is 19.9. The van der Waals surface area contributed by atoms with Gasteiger partial charge in [-0.25, -0.2) is 0 Å². The van der Waals surface area contributed by atoms with Gasteiger partial charge in [0.2, 0.25) is 0 Å². The highest BCUT2D eigenvalue weighted by Crippen LogP contribution is 2.26. The fourth-order valence-corrected chi connectivity index (χ4v) is 3.81. The molecule has 0 saturated carbocycles. The van der Waals surface area contributed by atoms with Crippen LogP contribution in [0.3, 0.4) is 0 Å². The molecule has 3 rings (SSSR count). The lowest BCUT2D eigenvalue weighted by Crippen LogP contribution is -2.52. The van der Waals surface area contributed by atoms with Crippen molar-refractivity contribution < 1.29 is 19.7 Å². The Hall–Kier alpha value is -2.28. The van der Waals surface area contributed by atoms with Gasteiger partial charge in [0.1, 0.15) is 17.2 Å². The molecule has 0 aromatic heterocycles. The molecule has 0 radical (unpaired) electrons. The number of para-hydroxylation sites is 1. The van der Waals surface area contributed by atoms with Crippen LogP contribution in [0.2, 0.25) is 0 Å². The standard InChI is InChI=1S/C22H30N2O4/c1-27-20-11-17(12-21(13-20)28-2)14-24-9-8-23(16-19(24)7-10-25)15-18-5-3-4-6-22(18)26/h3-6,11-13,19,25-26H,7-10,14-16H2,1-2H3. The molecule has 1 saturated heterocycles. The number of phenols is 1. The Balaban J connectivity index is 1.68. The molecule has 2 aromatic carbocycles. The molecule has 28 heavy (non-hydrogen) atoms. The van der Waals surface area contributed by atoms with Crippen molar-refractivity contribution in [1.82, 2.24) is 9.80 Å². The molecule has 2 aromatic rings. The second kappa shape index (κ2) is 9.78. The first-order valence-electron chi connectivity index (χ1n) is 9.69. The van der Waals surface area contributed by atoms with Gasteiger partial charge in [0.05, 0.1) is 14.2 Å². The van der Waals surface area contributed by atoms with Crippen molar-refractivity contribution in [3.05, 3.63) is 53.6 Å². The van der Waals surface area contributed by atoms with Crippen LogP contribution in [-0.2, 0) is 13.1 Å². The average molecular weight is 386 g/mol. The molecule has 152 valence electrons. The van der Waals surface area contributed by atoms with E-state index < -0.39 is 0 Å². The predicted octanol–water partition coefficient (Wildman–Crippen LogP) is 2.48. The molecule has 2 N–H and O–H groups in total. The Labute approximate surface area is 166 Å². The molecule has 0 bridgehead atoms. The lowest BCUT2D eigenvalue weighted by atomic mass is 10.1. The van der Waals surface area contributed by atoms with Crippen LogP contribution >= 0.6 is 0 Å². The Morgan fingerprint density at radius 3 is 2.36 bits per heavy atom. The van der Waals surface area contributed by atoms with E-state index in [2.05, 4.69) is 9.80 Å². The minimum atomic E-state index is 0.160. The third kappa shape index (κ3) is 5.16. The van der Waals surface area contributed by atoms with Gasteiger partial charge >= 0.3 is 0 Å². The van der Waals surface area contributed by atoms with Gasteiger partial charge in [0.25, 0.3) is 0 Å². The number of ether oxygens (including phenoxy) is 2. The van der Waals surface area contributed by atoms with E-state index in [9.17, 15) is 10.2 Å². The van der Waals surface area contributed by atoms with E-state index >= 15 is 0 Å². The minimum Gasteiger partial charge on any atom is -0.508 e. The number of nitrogens with zero attached hydrogens (tertiary/aromatic N) is 2. The number of methoxy groups -OCH3 is 2. The van der Waals surface area contributed by atoms with Crippen LogP contribution in [0.15, 0.2) is 42.5 Å². The van der Waals surface area contributed by atoms with E-state index in [1.165, 1.54) is 0 Å². The minimum absolute atomic E-state index is 0.160. The Bertz CT molecular complexity index is 746. The molecule has 1 atom stereocenters. The summed E-state index contributed by atoms with van der Waals surface area (Å²) < 4.78 is 10.8. The number of phenolic OH excluding ortho intramolecular Hbond substituents is 1. The third-order valence-electron chi connectivity index (χ3n) is 5.33. The molecule has 1 fully saturated rings. The summed E-state index contributed by atoms with van der Waals surface area (Å²) >= 11 is 0. The highest BCUT2D eigenvalue weighted by atomic mass is 16.5. The summed E-state index contributed by atoms with van der Waals surface area (Å²) in [6.45, 7) is 4.33. The predicted molar refractivity (Wildman–Crippen MR) is 109 cm³/mol. The molecule has 1 aliphatic rings. The highest BCUT2D eigenvalue weighted by Gasteiger charge is 2.27. The SMILES string of the molecule is COc1cc(CN2CCN(Cc3ccccc3O)CC2CCO)cc(OC)c1. The number of benzene rings is 2. The second-order valence-electron chi connectivity index (χ2n) is 7.22. The maximum Gasteiger partial charge on any atom is 0.122 e. The van der Waals surface area contributed by atoms with Crippen LogP contribution in [0, 0.1) is 0 Å². The van der Waals surface area contributed by atoms with Gasteiger partial charge in [0, 0.05) is 57.0 Å². The molecule has 1 unspecified atom stereocenters. The molecule has 1 aliphatic heterocycles. The van der Waals surface area contributed by atoms with Gasteiger partial charge in [-0.3, -0.25) is 9.80 Å². The fourth-order valence-electron chi connectivity index (χ4n) is 3.81. The number of rotatable bonds is 8. The maximum atomic E-state index is 10.1. The molecular weight excluding hydrogens is 356 g/mol. The van der Waals surface area contributed by atoms with Crippen molar-refractivity contribution in [3.8, 4) is 17.2 Å². The lowest BCUT2D eigenvalue weighted by Gasteiger charge is -2.41. The molecule has 6 nitrogen and oxygen atoms in total. The zero-order valence-corrected chi connectivity index (χ0v) is 16.7. The van der Waals surface area contributed by atoms with Gasteiger partial charge < -0.3 is 19.7 Å². The zero-order valence-electron chi connectivity index (χ0n) is 16.7. The van der Waals surface area contributed by atoms with Gasteiger partial charge in [-0.05, 0) is 30.2 Å². The molecule has 0 aliphatic carbocycles. The van der Waals surface area contributed by atoms with Crippen molar-refractivity contribution in [2.45, 2.75) is 25.6 Å². The van der Waals surface area contributed by atoms with Crippen molar-refractivity contribution in [3.63, 3.8) is 0 Å². The highest BCUT2D eigenvalue weighted by molar-refractivity contribution is 5.38. The molecule has 1 heterocycles. The quantitative estimate of drug-likeness (QED) is 0.727. The first kappa shape index (κ1) is 20.5. The van der Waals surface area contributed by atoms with Crippen LogP contribution in [0.4, 0.5) is 0 Å². The van der Waals surface area contributed by atoms with Gasteiger partial charge in [-0.2, -0.15) is 0 Å². The van der Waals surface area contributed by atoms with E-state index in [-0.39, 0.29) is 12.6 Å². The largest absolute Gasteiger partial charge is 0.508 e. The maximum absolute atomic E-state index is 10.1. The summed E-state index contributed by atoms with van der Waals surface area (Å²) in [5.74, 6) is 1.91. The average Bonchev–Trinajstić information content (AvgIpc) is 2.71. The number of aromatic hydroxyl groups is 1. The van der Waals surface area contributed by atoms with Crippen molar-refractivity contribution in [2.24, 2.45) is 0 Å². The summed E-state index contributed by atoms with van der Waals surface area (Å²) in [5.41, 5.74) is 2.07. The Morgan fingerprint density at radius 2 is 1.71 bits per heavy atom. The van der Waals surface area contributed by atoms with Crippen LogP contribution in [0.5, 0.6) is 17.2 Å². The van der Waals surface area contributed by atoms with Crippen LogP contribution < -0.4 is 9.47 Å². The number of aliphatic hydroxyl groups excluding tert-OH is 1. The van der Waals surface area contributed by atoms with Crippen molar-refractivity contribution in [2.75, 3.05) is 40.5 Å². The number of hydrogen-bond acceptors (Lipinski definition) is 6. The van der Waals surface area contributed by atoms with Gasteiger partial charge in [-0.15, -0.1) is 0 Å². The van der Waals surface area contributed by atoms with Crippen LogP contribution in [0.1, 0.15) is 17.5 Å². The summed E-state index contributed by atoms with van der Waals surface area (Å²) in [5, 5.41) is 19.6. The van der Waals surface area contributed by atoms with E-state index in [1.807, 2.05) is 36.4 Å². The number of aliphatic hydroxyl groups is 1. The van der Waals surface area contributed by atoms with Gasteiger partial charge in [0.15, 0.2) is 0 Å². The van der Waals surface area contributed by atoms with E-state index in [4.69, 9.17) is 9.47 Å². The Kier molecular flexibility index (Phi) is 7.14. The summed E-state index contributed by atoms with van der Waals surface area (Å²) in [6, 6.07) is 13.7. The monoisotopic (exact) mass is 386 g/mol. The summed E-state index contributed by atoms with van der Waals surface area (Å²) in [6.07, 6.45) is 0.721. The first-order chi connectivity index (χ1) is 13.6. The second-order valence-corrected chi connectivity index (χ2v) is 7.22. The van der Waals surface area contributed by atoms with E-state index in [0.717, 1.165) is 61.8 Å². The first-order valence-corrected chi connectivity index (χ1v) is 9.69.